The van der Waals surface area contributed by atoms with Crippen molar-refractivity contribution < 1.29 is 26.4 Å². The first-order valence-electron chi connectivity index (χ1n) is 10.6. The molecule has 2 heterocycles. The van der Waals surface area contributed by atoms with Gasteiger partial charge in [-0.25, -0.2) is 17.2 Å². The molecule has 1 amide bonds. The van der Waals surface area contributed by atoms with Crippen LogP contribution in [0.1, 0.15) is 24.2 Å². The quantitative estimate of drug-likeness (QED) is 0.515. The third kappa shape index (κ3) is 5.31. The number of halogens is 2. The number of furan rings is 1. The van der Waals surface area contributed by atoms with Crippen LogP contribution in [0.5, 0.6) is 0 Å². The average Bonchev–Trinajstić information content (AvgIpc) is 3.34. The third-order valence-electron chi connectivity index (χ3n) is 5.79. The van der Waals surface area contributed by atoms with Crippen molar-refractivity contribution in [1.29, 1.82) is 0 Å². The van der Waals surface area contributed by atoms with E-state index >= 15 is 0 Å². The fraction of sp³-hybridized carbons (Fsp3) is 0.292. The van der Waals surface area contributed by atoms with Crippen LogP contribution in [0.15, 0.2) is 76.2 Å². The zero-order chi connectivity index (χ0) is 23.4. The Hall–Kier alpha value is -3.04. The Bertz CT molecular complexity index is 1190. The molecular formula is C24H24F2N2O4S. The maximum atomic E-state index is 13.6. The second kappa shape index (κ2) is 9.84. The summed E-state index contributed by atoms with van der Waals surface area (Å²) in [6.07, 6.45) is 2.23. The SMILES string of the molecule is O=C(C1CCN(S(=O)(=O)c2ccc(F)c(F)c2)CC1)N(Cc1ccccc1)Cc1ccco1. The molecule has 1 aromatic heterocycles. The number of carbonyl (C=O) groups excluding carboxylic acids is 1. The predicted molar refractivity (Wildman–Crippen MR) is 117 cm³/mol. The Kier molecular flexibility index (Phi) is 6.90. The number of carbonyl (C=O) groups is 1. The normalized spacial score (nSPS) is 15.5. The summed E-state index contributed by atoms with van der Waals surface area (Å²) in [6.45, 7) is 0.969. The first-order valence-corrected chi connectivity index (χ1v) is 12.1. The van der Waals surface area contributed by atoms with Crippen molar-refractivity contribution in [3.8, 4) is 0 Å². The van der Waals surface area contributed by atoms with Crippen LogP contribution in [0.2, 0.25) is 0 Å². The summed E-state index contributed by atoms with van der Waals surface area (Å²) < 4.78 is 59.1. The summed E-state index contributed by atoms with van der Waals surface area (Å²) in [7, 11) is -3.97. The van der Waals surface area contributed by atoms with Gasteiger partial charge in [0.05, 0.1) is 17.7 Å². The number of piperidine rings is 1. The van der Waals surface area contributed by atoms with Crippen LogP contribution >= 0.6 is 0 Å². The molecule has 0 aliphatic carbocycles. The van der Waals surface area contributed by atoms with E-state index in [-0.39, 0.29) is 29.8 Å². The average molecular weight is 475 g/mol. The molecule has 3 aromatic rings. The van der Waals surface area contributed by atoms with Crippen LogP contribution in [-0.4, -0.2) is 36.6 Å². The van der Waals surface area contributed by atoms with Crippen molar-refractivity contribution in [3.63, 3.8) is 0 Å². The van der Waals surface area contributed by atoms with E-state index in [1.165, 1.54) is 4.31 Å². The van der Waals surface area contributed by atoms with Crippen molar-refractivity contribution in [3.05, 3.63) is 89.9 Å². The van der Waals surface area contributed by atoms with Crippen LogP contribution < -0.4 is 0 Å². The second-order valence-corrected chi connectivity index (χ2v) is 9.95. The molecule has 9 heteroatoms. The summed E-state index contributed by atoms with van der Waals surface area (Å²) in [5.74, 6) is -2.07. The topological polar surface area (TPSA) is 70.8 Å². The van der Waals surface area contributed by atoms with Crippen molar-refractivity contribution in [2.75, 3.05) is 13.1 Å². The minimum absolute atomic E-state index is 0.0693. The van der Waals surface area contributed by atoms with Gasteiger partial charge in [0, 0.05) is 25.6 Å². The Morgan fingerprint density at radius 3 is 2.33 bits per heavy atom. The molecule has 0 saturated carbocycles. The Balaban J connectivity index is 1.45. The van der Waals surface area contributed by atoms with Gasteiger partial charge < -0.3 is 9.32 Å². The van der Waals surface area contributed by atoms with Crippen molar-refractivity contribution in [2.45, 2.75) is 30.8 Å². The maximum absolute atomic E-state index is 13.6. The molecular weight excluding hydrogens is 450 g/mol. The van der Waals surface area contributed by atoms with Gasteiger partial charge in [-0.1, -0.05) is 30.3 Å². The molecule has 0 bridgehead atoms. The molecule has 4 rings (SSSR count). The zero-order valence-electron chi connectivity index (χ0n) is 17.9. The van der Waals surface area contributed by atoms with Gasteiger partial charge in [0.2, 0.25) is 15.9 Å². The molecule has 1 saturated heterocycles. The molecule has 0 radical (unpaired) electrons. The Labute approximate surface area is 191 Å². The lowest BCUT2D eigenvalue weighted by Gasteiger charge is -2.33. The molecule has 0 unspecified atom stereocenters. The fourth-order valence-corrected chi connectivity index (χ4v) is 5.48. The van der Waals surface area contributed by atoms with Gasteiger partial charge in [0.15, 0.2) is 11.6 Å². The molecule has 0 spiro atoms. The van der Waals surface area contributed by atoms with Crippen molar-refractivity contribution in [1.82, 2.24) is 9.21 Å². The third-order valence-corrected chi connectivity index (χ3v) is 7.68. The van der Waals surface area contributed by atoms with Crippen LogP contribution in [0, 0.1) is 17.6 Å². The minimum atomic E-state index is -3.97. The first-order chi connectivity index (χ1) is 15.8. The largest absolute Gasteiger partial charge is 0.467 e. The predicted octanol–water partition coefficient (Wildman–Crippen LogP) is 4.19. The fourth-order valence-electron chi connectivity index (χ4n) is 3.99. The van der Waals surface area contributed by atoms with Gasteiger partial charge in [-0.2, -0.15) is 4.31 Å². The number of hydrogen-bond acceptors (Lipinski definition) is 4. The van der Waals surface area contributed by atoms with E-state index in [0.717, 1.165) is 17.7 Å². The standard InChI is InChI=1S/C24H24F2N2O4S/c25-22-9-8-21(15-23(22)26)33(30,31)28-12-10-19(11-13-28)24(29)27(17-20-7-4-14-32-20)16-18-5-2-1-3-6-18/h1-9,14-15,19H,10-13,16-17H2. The molecule has 6 nitrogen and oxygen atoms in total. The van der Waals surface area contributed by atoms with Crippen LogP contribution in [0.4, 0.5) is 8.78 Å². The number of rotatable bonds is 7. The number of amides is 1. The summed E-state index contributed by atoms with van der Waals surface area (Å²) in [6, 6.07) is 15.7. The van der Waals surface area contributed by atoms with Gasteiger partial charge in [-0.05, 0) is 48.7 Å². The van der Waals surface area contributed by atoms with E-state index in [0.29, 0.717) is 37.8 Å². The van der Waals surface area contributed by atoms with Crippen LogP contribution in [-0.2, 0) is 27.9 Å². The summed E-state index contributed by atoms with van der Waals surface area (Å²) in [5, 5.41) is 0. The molecule has 2 aromatic carbocycles. The van der Waals surface area contributed by atoms with E-state index in [4.69, 9.17) is 4.42 Å². The molecule has 33 heavy (non-hydrogen) atoms. The van der Waals surface area contributed by atoms with Gasteiger partial charge in [0.1, 0.15) is 5.76 Å². The van der Waals surface area contributed by atoms with Crippen LogP contribution in [0.3, 0.4) is 0 Å². The van der Waals surface area contributed by atoms with E-state index < -0.39 is 21.7 Å². The Morgan fingerprint density at radius 1 is 0.970 bits per heavy atom. The lowest BCUT2D eigenvalue weighted by molar-refractivity contribution is -0.138. The van der Waals surface area contributed by atoms with Gasteiger partial charge in [0.25, 0.3) is 0 Å². The van der Waals surface area contributed by atoms with E-state index in [1.807, 2.05) is 36.4 Å². The second-order valence-electron chi connectivity index (χ2n) is 8.01. The summed E-state index contributed by atoms with van der Waals surface area (Å²) in [5.41, 5.74) is 0.982. The van der Waals surface area contributed by atoms with Gasteiger partial charge in [-0.15, -0.1) is 0 Å². The Morgan fingerprint density at radius 2 is 1.70 bits per heavy atom. The highest BCUT2D eigenvalue weighted by Gasteiger charge is 2.34. The smallest absolute Gasteiger partial charge is 0.243 e. The first kappa shape index (κ1) is 23.1. The number of benzene rings is 2. The number of nitrogens with zero attached hydrogens (tertiary/aromatic N) is 2. The van der Waals surface area contributed by atoms with Gasteiger partial charge >= 0.3 is 0 Å². The maximum Gasteiger partial charge on any atom is 0.243 e. The summed E-state index contributed by atoms with van der Waals surface area (Å²) in [4.78, 5) is 14.8. The highest BCUT2D eigenvalue weighted by atomic mass is 32.2. The van der Waals surface area contributed by atoms with Gasteiger partial charge in [-0.3, -0.25) is 4.79 Å². The lowest BCUT2D eigenvalue weighted by atomic mass is 9.96. The van der Waals surface area contributed by atoms with E-state index in [1.54, 1.807) is 17.2 Å². The highest BCUT2D eigenvalue weighted by Crippen LogP contribution is 2.27. The monoisotopic (exact) mass is 474 g/mol. The zero-order valence-corrected chi connectivity index (χ0v) is 18.7. The minimum Gasteiger partial charge on any atom is -0.467 e. The summed E-state index contributed by atoms with van der Waals surface area (Å²) >= 11 is 0. The molecule has 1 fully saturated rings. The van der Waals surface area contributed by atoms with E-state index in [2.05, 4.69) is 0 Å². The number of hydrogen-bond donors (Lipinski definition) is 0. The molecule has 174 valence electrons. The molecule has 0 atom stereocenters. The van der Waals surface area contributed by atoms with Crippen LogP contribution in [0.25, 0.3) is 0 Å². The van der Waals surface area contributed by atoms with E-state index in [9.17, 15) is 22.0 Å². The molecule has 1 aliphatic heterocycles. The van der Waals surface area contributed by atoms with Crippen molar-refractivity contribution in [2.24, 2.45) is 5.92 Å². The number of sulfonamides is 1. The lowest BCUT2D eigenvalue weighted by Crippen LogP contribution is -2.44. The molecule has 0 N–H and O–H groups in total. The highest BCUT2D eigenvalue weighted by molar-refractivity contribution is 7.89. The molecule has 1 aliphatic rings. The van der Waals surface area contributed by atoms with Crippen molar-refractivity contribution >= 4 is 15.9 Å².